The molecule has 0 aromatic heterocycles. The summed E-state index contributed by atoms with van der Waals surface area (Å²) >= 11 is 0. The minimum Gasteiger partial charge on any atom is -0.494 e. The van der Waals surface area contributed by atoms with Gasteiger partial charge >= 0.3 is 0 Å². The van der Waals surface area contributed by atoms with E-state index >= 15 is 0 Å². The van der Waals surface area contributed by atoms with Crippen molar-refractivity contribution in [3.8, 4) is 5.75 Å². The van der Waals surface area contributed by atoms with Gasteiger partial charge < -0.3 is 10.1 Å². The van der Waals surface area contributed by atoms with Crippen LogP contribution in [0.3, 0.4) is 0 Å². The zero-order valence-corrected chi connectivity index (χ0v) is 9.92. The lowest BCUT2D eigenvalue weighted by molar-refractivity contribution is 0.340. The molecule has 1 aromatic rings. The van der Waals surface area contributed by atoms with Crippen molar-refractivity contribution in [1.29, 1.82) is 0 Å². The zero-order valence-electron chi connectivity index (χ0n) is 9.92. The van der Waals surface area contributed by atoms with Gasteiger partial charge in [0.05, 0.1) is 6.61 Å². The van der Waals surface area contributed by atoms with Crippen LogP contribution in [0.1, 0.15) is 27.2 Å². The smallest absolute Gasteiger partial charge is 0.121 e. The van der Waals surface area contributed by atoms with E-state index in [0.717, 1.165) is 24.6 Å². The fraction of sp³-hybridized carbons (Fsp3) is 0.538. The third kappa shape index (κ3) is 4.24. The van der Waals surface area contributed by atoms with Gasteiger partial charge in [0.25, 0.3) is 0 Å². The standard InChI is InChI=1S/C13H21NO/c1-4-11(3)10-14-12-7-6-8-13(9-12)15-5-2/h6-9,11,14H,4-5,10H2,1-3H3/t11-/m1/s1. The molecule has 0 aliphatic heterocycles. The summed E-state index contributed by atoms with van der Waals surface area (Å²) in [5.74, 6) is 1.65. The van der Waals surface area contributed by atoms with Crippen LogP contribution < -0.4 is 10.1 Å². The van der Waals surface area contributed by atoms with Crippen LogP contribution >= 0.6 is 0 Å². The first kappa shape index (κ1) is 11.9. The van der Waals surface area contributed by atoms with E-state index in [4.69, 9.17) is 4.74 Å². The highest BCUT2D eigenvalue weighted by atomic mass is 16.5. The van der Waals surface area contributed by atoms with E-state index in [-0.39, 0.29) is 0 Å². The molecule has 0 bridgehead atoms. The predicted octanol–water partition coefficient (Wildman–Crippen LogP) is 3.54. The first-order valence-corrected chi connectivity index (χ1v) is 5.73. The minimum absolute atomic E-state index is 0.709. The fourth-order valence-electron chi connectivity index (χ4n) is 1.30. The van der Waals surface area contributed by atoms with Crippen molar-refractivity contribution < 1.29 is 4.74 Å². The van der Waals surface area contributed by atoms with E-state index < -0.39 is 0 Å². The Labute approximate surface area is 92.6 Å². The Morgan fingerprint density at radius 3 is 2.80 bits per heavy atom. The van der Waals surface area contributed by atoms with Crippen LogP contribution in [-0.2, 0) is 0 Å². The molecule has 1 atom stereocenters. The third-order valence-corrected chi connectivity index (χ3v) is 2.50. The van der Waals surface area contributed by atoms with Crippen LogP contribution in [0.4, 0.5) is 5.69 Å². The maximum Gasteiger partial charge on any atom is 0.121 e. The molecule has 1 N–H and O–H groups in total. The third-order valence-electron chi connectivity index (χ3n) is 2.50. The molecule has 1 aromatic carbocycles. The van der Waals surface area contributed by atoms with Crippen LogP contribution in [0.5, 0.6) is 5.75 Å². The summed E-state index contributed by atoms with van der Waals surface area (Å²) in [5.41, 5.74) is 1.14. The van der Waals surface area contributed by atoms with Gasteiger partial charge in [-0.25, -0.2) is 0 Å². The highest BCUT2D eigenvalue weighted by Crippen LogP contribution is 2.17. The number of anilines is 1. The van der Waals surface area contributed by atoms with Gasteiger partial charge in [-0.2, -0.15) is 0 Å². The molecule has 84 valence electrons. The summed E-state index contributed by atoms with van der Waals surface area (Å²) < 4.78 is 5.44. The molecular weight excluding hydrogens is 186 g/mol. The second-order valence-corrected chi connectivity index (χ2v) is 3.86. The number of hydrogen-bond acceptors (Lipinski definition) is 2. The molecular formula is C13H21NO. The molecule has 0 amide bonds. The Morgan fingerprint density at radius 1 is 1.33 bits per heavy atom. The van der Waals surface area contributed by atoms with Gasteiger partial charge in [-0.1, -0.05) is 26.3 Å². The SMILES string of the molecule is CCOc1cccc(NC[C@H](C)CC)c1. The molecule has 15 heavy (non-hydrogen) atoms. The Morgan fingerprint density at radius 2 is 2.13 bits per heavy atom. The van der Waals surface area contributed by atoms with Crippen molar-refractivity contribution in [3.05, 3.63) is 24.3 Å². The average Bonchev–Trinajstić information content (AvgIpc) is 2.27. The van der Waals surface area contributed by atoms with Crippen molar-refractivity contribution in [2.45, 2.75) is 27.2 Å². The van der Waals surface area contributed by atoms with Crippen molar-refractivity contribution in [1.82, 2.24) is 0 Å². The van der Waals surface area contributed by atoms with Crippen LogP contribution in [0.2, 0.25) is 0 Å². The van der Waals surface area contributed by atoms with E-state index in [9.17, 15) is 0 Å². The fourth-order valence-corrected chi connectivity index (χ4v) is 1.30. The molecule has 0 fully saturated rings. The van der Waals surface area contributed by atoms with Crippen LogP contribution in [-0.4, -0.2) is 13.2 Å². The Balaban J connectivity index is 2.50. The lowest BCUT2D eigenvalue weighted by Crippen LogP contribution is -2.10. The van der Waals surface area contributed by atoms with Gasteiger partial charge in [-0.05, 0) is 25.0 Å². The first-order chi connectivity index (χ1) is 7.26. The van der Waals surface area contributed by atoms with E-state index in [1.165, 1.54) is 6.42 Å². The Kier molecular flexibility index (Phi) is 5.02. The second-order valence-electron chi connectivity index (χ2n) is 3.86. The molecule has 0 saturated carbocycles. The molecule has 2 heteroatoms. The minimum atomic E-state index is 0.709. The maximum absolute atomic E-state index is 5.44. The topological polar surface area (TPSA) is 21.3 Å². The van der Waals surface area contributed by atoms with Gasteiger partial charge in [0.1, 0.15) is 5.75 Å². The number of hydrogen-bond donors (Lipinski definition) is 1. The molecule has 0 heterocycles. The quantitative estimate of drug-likeness (QED) is 0.770. The molecule has 0 spiro atoms. The van der Waals surface area contributed by atoms with Gasteiger partial charge in [-0.3, -0.25) is 0 Å². The molecule has 0 saturated heterocycles. The number of nitrogens with one attached hydrogen (secondary N) is 1. The van der Waals surface area contributed by atoms with Crippen molar-refractivity contribution >= 4 is 5.69 Å². The first-order valence-electron chi connectivity index (χ1n) is 5.73. The van der Waals surface area contributed by atoms with E-state index in [2.05, 4.69) is 25.2 Å². The molecule has 0 aliphatic carbocycles. The summed E-state index contributed by atoms with van der Waals surface area (Å²) in [7, 11) is 0. The summed E-state index contributed by atoms with van der Waals surface area (Å²) in [5, 5.41) is 3.41. The van der Waals surface area contributed by atoms with E-state index in [0.29, 0.717) is 5.92 Å². The van der Waals surface area contributed by atoms with Crippen molar-refractivity contribution in [2.24, 2.45) is 5.92 Å². The second kappa shape index (κ2) is 6.33. The predicted molar refractivity (Wildman–Crippen MR) is 65.6 cm³/mol. The van der Waals surface area contributed by atoms with Crippen molar-refractivity contribution in [2.75, 3.05) is 18.5 Å². The zero-order chi connectivity index (χ0) is 11.1. The van der Waals surface area contributed by atoms with Gasteiger partial charge in [0.15, 0.2) is 0 Å². The van der Waals surface area contributed by atoms with Gasteiger partial charge in [0.2, 0.25) is 0 Å². The molecule has 0 unspecified atom stereocenters. The average molecular weight is 207 g/mol. The molecule has 1 rings (SSSR count). The monoisotopic (exact) mass is 207 g/mol. The summed E-state index contributed by atoms with van der Waals surface area (Å²) in [4.78, 5) is 0. The number of ether oxygens (including phenoxy) is 1. The lowest BCUT2D eigenvalue weighted by Gasteiger charge is -2.12. The Bertz CT molecular complexity index is 286. The highest BCUT2D eigenvalue weighted by molar-refractivity contribution is 5.48. The molecule has 0 radical (unpaired) electrons. The normalized spacial score (nSPS) is 12.2. The summed E-state index contributed by atoms with van der Waals surface area (Å²) in [6, 6.07) is 8.12. The number of benzene rings is 1. The maximum atomic E-state index is 5.44. The van der Waals surface area contributed by atoms with Crippen LogP contribution in [0.25, 0.3) is 0 Å². The summed E-state index contributed by atoms with van der Waals surface area (Å²) in [6.45, 7) is 8.20. The van der Waals surface area contributed by atoms with Crippen LogP contribution in [0, 0.1) is 5.92 Å². The molecule has 2 nitrogen and oxygen atoms in total. The van der Waals surface area contributed by atoms with Gasteiger partial charge in [-0.15, -0.1) is 0 Å². The Hall–Kier alpha value is -1.18. The molecule has 0 aliphatic rings. The van der Waals surface area contributed by atoms with E-state index in [1.807, 2.05) is 25.1 Å². The highest BCUT2D eigenvalue weighted by Gasteiger charge is 1.99. The van der Waals surface area contributed by atoms with E-state index in [1.54, 1.807) is 0 Å². The summed E-state index contributed by atoms with van der Waals surface area (Å²) in [6.07, 6.45) is 1.21. The lowest BCUT2D eigenvalue weighted by atomic mass is 10.1. The largest absolute Gasteiger partial charge is 0.494 e. The van der Waals surface area contributed by atoms with Crippen LogP contribution in [0.15, 0.2) is 24.3 Å². The van der Waals surface area contributed by atoms with Crippen molar-refractivity contribution in [3.63, 3.8) is 0 Å². The van der Waals surface area contributed by atoms with Gasteiger partial charge in [0, 0.05) is 18.3 Å². The number of rotatable bonds is 6.